The first-order valence-corrected chi connectivity index (χ1v) is 5.65. The molecule has 0 aliphatic rings. The Bertz CT molecular complexity index is 447. The lowest BCUT2D eigenvalue weighted by Crippen LogP contribution is -2.33. The summed E-state index contributed by atoms with van der Waals surface area (Å²) in [5, 5.41) is 0. The Morgan fingerprint density at radius 1 is 1.12 bits per heavy atom. The van der Waals surface area contributed by atoms with Gasteiger partial charge in [-0.2, -0.15) is 0 Å². The average Bonchev–Trinajstić information content (AvgIpc) is 2.35. The molecule has 96 valence electrons. The molecule has 4 nitrogen and oxygen atoms in total. The van der Waals surface area contributed by atoms with Crippen LogP contribution in [0, 0.1) is 20.8 Å². The minimum absolute atomic E-state index is 0.0179. The third kappa shape index (κ3) is 2.15. The van der Waals surface area contributed by atoms with Gasteiger partial charge in [-0.25, -0.2) is 0 Å². The molecule has 0 fully saturated rings. The van der Waals surface area contributed by atoms with Gasteiger partial charge in [-0.3, -0.25) is 4.79 Å². The number of rotatable bonds is 4. The van der Waals surface area contributed by atoms with E-state index in [1.165, 1.54) is 0 Å². The second kappa shape index (κ2) is 5.02. The van der Waals surface area contributed by atoms with E-state index in [0.717, 1.165) is 0 Å². The second-order valence-corrected chi connectivity index (χ2v) is 4.08. The maximum atomic E-state index is 12.0. The maximum Gasteiger partial charge on any atom is 0.227 e. The molecule has 1 aromatic rings. The number of ether oxygens (including phenoxy) is 2. The van der Waals surface area contributed by atoms with Gasteiger partial charge in [-0.05, 0) is 20.8 Å². The van der Waals surface area contributed by atoms with Gasteiger partial charge in [0.05, 0.1) is 0 Å². The highest BCUT2D eigenvalue weighted by Gasteiger charge is 2.36. The van der Waals surface area contributed by atoms with Gasteiger partial charge in [0.25, 0.3) is 0 Å². The first kappa shape index (κ1) is 13.9. The van der Waals surface area contributed by atoms with Crippen molar-refractivity contribution in [3.63, 3.8) is 0 Å². The van der Waals surface area contributed by atoms with E-state index in [-0.39, 0.29) is 5.43 Å². The Hall–Kier alpha value is -1.13. The van der Waals surface area contributed by atoms with Crippen molar-refractivity contribution in [3.05, 3.63) is 32.9 Å². The largest absolute Gasteiger partial charge is 0.460 e. The molecule has 0 aromatic carbocycles. The number of hydrogen-bond donors (Lipinski definition) is 0. The smallest absolute Gasteiger partial charge is 0.227 e. The summed E-state index contributed by atoms with van der Waals surface area (Å²) in [4.78, 5) is 12.0. The van der Waals surface area contributed by atoms with E-state index in [0.29, 0.717) is 29.1 Å². The molecule has 1 rings (SSSR count). The molecule has 0 saturated heterocycles. The predicted molar refractivity (Wildman–Crippen MR) is 65.2 cm³/mol. The predicted octanol–water partition coefficient (Wildman–Crippen LogP) is 2.42. The van der Waals surface area contributed by atoms with Crippen LogP contribution in [0.2, 0.25) is 0 Å². The van der Waals surface area contributed by atoms with Gasteiger partial charge >= 0.3 is 0 Å². The molecule has 0 radical (unpaired) electrons. The Balaban J connectivity index is 3.56. The molecule has 0 spiro atoms. The van der Waals surface area contributed by atoms with Crippen molar-refractivity contribution in [2.45, 2.75) is 39.9 Å². The molecule has 0 bridgehead atoms. The highest BCUT2D eigenvalue weighted by molar-refractivity contribution is 5.27. The molecular formula is C13H20O4. The molecule has 0 aliphatic carbocycles. The minimum atomic E-state index is -0.984. The van der Waals surface area contributed by atoms with E-state index in [1.807, 2.05) is 6.92 Å². The average molecular weight is 240 g/mol. The zero-order valence-electron chi connectivity index (χ0n) is 11.3. The zero-order chi connectivity index (χ0) is 13.2. The van der Waals surface area contributed by atoms with Gasteiger partial charge in [-0.1, -0.05) is 6.92 Å². The van der Waals surface area contributed by atoms with E-state index >= 15 is 0 Å². The lowest BCUT2D eigenvalue weighted by atomic mass is 10.0. The second-order valence-electron chi connectivity index (χ2n) is 4.08. The van der Waals surface area contributed by atoms with Gasteiger partial charge in [-0.15, -0.1) is 0 Å². The topological polar surface area (TPSA) is 48.7 Å². The van der Waals surface area contributed by atoms with E-state index < -0.39 is 5.79 Å². The summed E-state index contributed by atoms with van der Waals surface area (Å²) < 4.78 is 16.5. The van der Waals surface area contributed by atoms with E-state index in [9.17, 15) is 4.79 Å². The Morgan fingerprint density at radius 2 is 1.65 bits per heavy atom. The minimum Gasteiger partial charge on any atom is -0.460 e. The van der Waals surface area contributed by atoms with Crippen LogP contribution in [0.5, 0.6) is 0 Å². The lowest BCUT2D eigenvalue weighted by molar-refractivity contribution is -0.229. The monoisotopic (exact) mass is 240 g/mol. The van der Waals surface area contributed by atoms with Gasteiger partial charge in [0.1, 0.15) is 5.76 Å². The zero-order valence-corrected chi connectivity index (χ0v) is 11.3. The first-order valence-electron chi connectivity index (χ1n) is 5.65. The fraction of sp³-hybridized carbons (Fsp3) is 0.615. The standard InChI is InChI=1S/C13H20O4/c1-7-13(15-5,16-6)12-9(3)11(14)8(2)10(4)17-12/h7H2,1-6H3. The summed E-state index contributed by atoms with van der Waals surface area (Å²) in [7, 11) is 3.09. The van der Waals surface area contributed by atoms with Crippen LogP contribution in [0.3, 0.4) is 0 Å². The van der Waals surface area contributed by atoms with Crippen LogP contribution in [-0.4, -0.2) is 14.2 Å². The maximum absolute atomic E-state index is 12.0. The van der Waals surface area contributed by atoms with E-state index in [1.54, 1.807) is 35.0 Å². The van der Waals surface area contributed by atoms with Crippen LogP contribution in [0.1, 0.15) is 36.0 Å². The molecule has 17 heavy (non-hydrogen) atoms. The van der Waals surface area contributed by atoms with Gasteiger partial charge < -0.3 is 13.9 Å². The van der Waals surface area contributed by atoms with Crippen molar-refractivity contribution in [2.24, 2.45) is 0 Å². The van der Waals surface area contributed by atoms with Gasteiger partial charge in [0.2, 0.25) is 5.79 Å². The van der Waals surface area contributed by atoms with Crippen LogP contribution in [0.15, 0.2) is 9.21 Å². The highest BCUT2D eigenvalue weighted by Crippen LogP contribution is 2.31. The summed E-state index contributed by atoms with van der Waals surface area (Å²) in [5.74, 6) is 0.0717. The van der Waals surface area contributed by atoms with Gasteiger partial charge in [0.15, 0.2) is 11.2 Å². The summed E-state index contributed by atoms with van der Waals surface area (Å²) in [6, 6.07) is 0. The first-order chi connectivity index (χ1) is 7.93. The molecule has 0 amide bonds. The molecule has 0 aliphatic heterocycles. The van der Waals surface area contributed by atoms with Crippen molar-refractivity contribution < 1.29 is 13.9 Å². The van der Waals surface area contributed by atoms with Crippen LogP contribution in [-0.2, 0) is 15.3 Å². The van der Waals surface area contributed by atoms with Crippen molar-refractivity contribution in [1.29, 1.82) is 0 Å². The summed E-state index contributed by atoms with van der Waals surface area (Å²) in [5.41, 5.74) is 1.15. The number of aryl methyl sites for hydroxylation is 1. The fourth-order valence-corrected chi connectivity index (χ4v) is 1.93. The quantitative estimate of drug-likeness (QED) is 0.758. The van der Waals surface area contributed by atoms with E-state index in [2.05, 4.69) is 0 Å². The molecule has 4 heteroatoms. The molecule has 0 N–H and O–H groups in total. The normalized spacial score (nSPS) is 11.9. The van der Waals surface area contributed by atoms with Crippen LogP contribution in [0.25, 0.3) is 0 Å². The number of hydrogen-bond acceptors (Lipinski definition) is 4. The van der Waals surface area contributed by atoms with Crippen molar-refractivity contribution >= 4 is 0 Å². The summed E-state index contributed by atoms with van der Waals surface area (Å²) in [6.45, 7) is 7.17. The van der Waals surface area contributed by atoms with Crippen LogP contribution < -0.4 is 5.43 Å². The van der Waals surface area contributed by atoms with Gasteiger partial charge in [0, 0.05) is 31.8 Å². The Labute approximate surface area is 102 Å². The third-order valence-corrected chi connectivity index (χ3v) is 3.28. The molecular weight excluding hydrogens is 220 g/mol. The van der Waals surface area contributed by atoms with E-state index in [4.69, 9.17) is 13.9 Å². The molecule has 0 atom stereocenters. The SMILES string of the molecule is CCC(OC)(OC)c1oc(C)c(C)c(=O)c1C. The van der Waals surface area contributed by atoms with Crippen LogP contribution >= 0.6 is 0 Å². The van der Waals surface area contributed by atoms with Crippen molar-refractivity contribution in [3.8, 4) is 0 Å². The molecule has 1 heterocycles. The molecule has 1 aromatic heterocycles. The Kier molecular flexibility index (Phi) is 4.11. The molecule has 0 saturated carbocycles. The van der Waals surface area contributed by atoms with Crippen molar-refractivity contribution in [2.75, 3.05) is 14.2 Å². The number of methoxy groups -OCH3 is 2. The fourth-order valence-electron chi connectivity index (χ4n) is 1.93. The van der Waals surface area contributed by atoms with Crippen molar-refractivity contribution in [1.82, 2.24) is 0 Å². The van der Waals surface area contributed by atoms with Crippen LogP contribution in [0.4, 0.5) is 0 Å². The third-order valence-electron chi connectivity index (χ3n) is 3.28. The highest BCUT2D eigenvalue weighted by atomic mass is 16.7. The Morgan fingerprint density at radius 3 is 2.06 bits per heavy atom. The summed E-state index contributed by atoms with van der Waals surface area (Å²) >= 11 is 0. The summed E-state index contributed by atoms with van der Waals surface area (Å²) in [6.07, 6.45) is 0.562. The lowest BCUT2D eigenvalue weighted by Gasteiger charge is -2.29. The molecule has 0 unspecified atom stereocenters.